The maximum absolute atomic E-state index is 13.2. The quantitative estimate of drug-likeness (QED) is 0.465. The molecule has 9 nitrogen and oxygen atoms in total. The first-order valence-electron chi connectivity index (χ1n) is 12.3. The van der Waals surface area contributed by atoms with Gasteiger partial charge in [0.2, 0.25) is 15.9 Å². The number of sulfonamides is 1. The van der Waals surface area contributed by atoms with Gasteiger partial charge in [0, 0.05) is 44.7 Å². The van der Waals surface area contributed by atoms with E-state index in [9.17, 15) is 22.0 Å². The van der Waals surface area contributed by atoms with Crippen LogP contribution in [0.5, 0.6) is 0 Å². The number of carbonyl (C=O) groups is 1. The highest BCUT2D eigenvalue weighted by Crippen LogP contribution is 2.54. The van der Waals surface area contributed by atoms with Crippen molar-refractivity contribution in [2.45, 2.75) is 51.0 Å². The van der Waals surface area contributed by atoms with Crippen LogP contribution in [0.3, 0.4) is 0 Å². The molecule has 1 spiro atoms. The summed E-state index contributed by atoms with van der Waals surface area (Å²) in [5.41, 5.74) is 1.77. The third-order valence-corrected chi connectivity index (χ3v) is 8.77. The lowest BCUT2D eigenvalue weighted by Gasteiger charge is -2.35. The largest absolute Gasteiger partial charge is 0.395 e. The molecule has 3 aliphatic rings. The number of alkyl halides is 2. The van der Waals surface area contributed by atoms with Crippen LogP contribution in [0, 0.1) is 11.3 Å². The third kappa shape index (κ3) is 5.64. The Labute approximate surface area is 208 Å². The molecule has 1 aromatic heterocycles. The van der Waals surface area contributed by atoms with Crippen LogP contribution in [0.2, 0.25) is 0 Å². The first kappa shape index (κ1) is 24.9. The zero-order valence-corrected chi connectivity index (χ0v) is 20.7. The lowest BCUT2D eigenvalue weighted by Crippen LogP contribution is -2.37. The predicted molar refractivity (Wildman–Crippen MR) is 132 cm³/mol. The van der Waals surface area contributed by atoms with Crippen molar-refractivity contribution in [3.63, 3.8) is 0 Å². The zero-order valence-electron chi connectivity index (χ0n) is 19.9. The molecule has 2 aromatic rings. The highest BCUT2D eigenvalue weighted by molar-refractivity contribution is 7.92. The van der Waals surface area contributed by atoms with Gasteiger partial charge in [0.1, 0.15) is 0 Å². The number of aliphatic hydroxyl groups excluding tert-OH is 1. The number of hydrogen-bond acceptors (Lipinski definition) is 6. The molecule has 2 heterocycles. The number of nitrogens with zero attached hydrogens (tertiary/aromatic N) is 3. The Morgan fingerprint density at radius 2 is 1.86 bits per heavy atom. The molecule has 0 unspecified atom stereocenters. The van der Waals surface area contributed by atoms with Crippen molar-refractivity contribution < 1.29 is 27.1 Å². The van der Waals surface area contributed by atoms with Crippen molar-refractivity contribution in [2.75, 3.05) is 40.4 Å². The number of hydrogen-bond donors (Lipinski definition) is 3. The van der Waals surface area contributed by atoms with Crippen LogP contribution >= 0.6 is 0 Å². The summed E-state index contributed by atoms with van der Waals surface area (Å²) in [5.74, 6) is -3.21. The second kappa shape index (κ2) is 9.29. The maximum Gasteiger partial charge on any atom is 0.258 e. The molecule has 1 saturated heterocycles. The summed E-state index contributed by atoms with van der Waals surface area (Å²) in [4.78, 5) is 15.4. The summed E-state index contributed by atoms with van der Waals surface area (Å²) in [5, 5.41) is 16.1. The molecule has 0 atom stereocenters. The van der Waals surface area contributed by atoms with Gasteiger partial charge in [-0.1, -0.05) is 0 Å². The van der Waals surface area contributed by atoms with Gasteiger partial charge < -0.3 is 15.3 Å². The van der Waals surface area contributed by atoms with Gasteiger partial charge in [-0.05, 0) is 55.2 Å². The van der Waals surface area contributed by atoms with Crippen LogP contribution in [0.1, 0.15) is 48.9 Å². The van der Waals surface area contributed by atoms with E-state index in [1.54, 1.807) is 29.1 Å². The zero-order chi connectivity index (χ0) is 25.6. The number of aliphatic hydroxyl groups is 1. The van der Waals surface area contributed by atoms with Crippen LogP contribution in [0.15, 0.2) is 30.5 Å². The maximum atomic E-state index is 13.2. The van der Waals surface area contributed by atoms with E-state index in [1.165, 1.54) is 18.9 Å². The van der Waals surface area contributed by atoms with Crippen molar-refractivity contribution in [1.29, 1.82) is 0 Å². The summed E-state index contributed by atoms with van der Waals surface area (Å²) < 4.78 is 54.6. The van der Waals surface area contributed by atoms with E-state index < -0.39 is 28.3 Å². The Bertz CT molecular complexity index is 1230. The number of rotatable bonds is 9. The van der Waals surface area contributed by atoms with Crippen LogP contribution < -0.4 is 14.9 Å². The monoisotopic (exact) mass is 523 g/mol. The van der Waals surface area contributed by atoms with Gasteiger partial charge in [-0.3, -0.25) is 14.2 Å². The van der Waals surface area contributed by atoms with Crippen molar-refractivity contribution in [3.05, 3.63) is 36.0 Å². The molecule has 36 heavy (non-hydrogen) atoms. The van der Waals surface area contributed by atoms with E-state index in [4.69, 9.17) is 5.11 Å². The van der Waals surface area contributed by atoms with Gasteiger partial charge in [-0.2, -0.15) is 5.10 Å². The third-order valence-electron chi connectivity index (χ3n) is 7.50. The summed E-state index contributed by atoms with van der Waals surface area (Å²) in [6.07, 6.45) is 5.88. The summed E-state index contributed by atoms with van der Waals surface area (Å²) >= 11 is 0. The molecular formula is C24H31F2N5O4S. The molecule has 1 amide bonds. The molecule has 5 rings (SSSR count). The highest BCUT2D eigenvalue weighted by atomic mass is 32.2. The molecule has 2 saturated carbocycles. The molecule has 0 bridgehead atoms. The van der Waals surface area contributed by atoms with Crippen molar-refractivity contribution in [1.82, 2.24) is 9.78 Å². The van der Waals surface area contributed by atoms with E-state index in [0.29, 0.717) is 34.7 Å². The molecule has 2 aliphatic carbocycles. The van der Waals surface area contributed by atoms with Crippen LogP contribution in [0.25, 0.3) is 0 Å². The topological polar surface area (TPSA) is 117 Å². The van der Waals surface area contributed by atoms with Crippen molar-refractivity contribution >= 4 is 33.1 Å². The average Bonchev–Trinajstić information content (AvgIpc) is 3.39. The fourth-order valence-electron chi connectivity index (χ4n) is 5.19. The molecule has 3 N–H and O–H groups in total. The van der Waals surface area contributed by atoms with Gasteiger partial charge in [-0.15, -0.1) is 0 Å². The minimum atomic E-state index is -3.71. The van der Waals surface area contributed by atoms with Gasteiger partial charge in [0.05, 0.1) is 29.3 Å². The number of aromatic nitrogens is 2. The Balaban J connectivity index is 1.32. The average molecular weight is 524 g/mol. The second-order valence-corrected chi connectivity index (χ2v) is 12.2. The smallest absolute Gasteiger partial charge is 0.258 e. The number of halogens is 2. The number of amides is 1. The van der Waals surface area contributed by atoms with Crippen molar-refractivity contribution in [2.24, 2.45) is 11.3 Å². The summed E-state index contributed by atoms with van der Waals surface area (Å²) in [7, 11) is -3.71. The molecule has 1 aromatic carbocycles. The first-order chi connectivity index (χ1) is 17.1. The lowest BCUT2D eigenvalue weighted by atomic mass is 9.81. The number of benzene rings is 1. The minimum Gasteiger partial charge on any atom is -0.395 e. The standard InChI is InChI=1S/C24H31F2N5O4S/c25-24(26)14-17(15-24)16-31-8-3-21(28-31)27-22(33)19-2-1-18(29-36(34,35)12-11-32)13-20(19)30-9-6-23(4-5-23)7-10-30/h1-3,8,13,17,29,32H,4-7,9-12,14-16H2,(H,27,28,33). The minimum absolute atomic E-state index is 0.133. The van der Waals surface area contributed by atoms with E-state index >= 15 is 0 Å². The van der Waals surface area contributed by atoms with E-state index in [2.05, 4.69) is 20.0 Å². The number of piperidine rings is 1. The van der Waals surface area contributed by atoms with Crippen LogP contribution in [0.4, 0.5) is 26.0 Å². The van der Waals surface area contributed by atoms with E-state index in [1.807, 2.05) is 0 Å². The first-order valence-corrected chi connectivity index (χ1v) is 13.9. The van der Waals surface area contributed by atoms with E-state index in [-0.39, 0.29) is 24.7 Å². The molecule has 0 radical (unpaired) electrons. The fourth-order valence-corrected chi connectivity index (χ4v) is 6.02. The molecule has 3 fully saturated rings. The molecule has 1 aliphatic heterocycles. The lowest BCUT2D eigenvalue weighted by molar-refractivity contribution is -0.114. The SMILES string of the molecule is O=C(Nc1ccn(CC2CC(F)(F)C2)n1)c1ccc(NS(=O)(=O)CCO)cc1N1CCC2(CC1)CC2. The molecule has 196 valence electrons. The highest BCUT2D eigenvalue weighted by Gasteiger charge is 2.45. The van der Waals surface area contributed by atoms with Gasteiger partial charge in [-0.25, -0.2) is 17.2 Å². The summed E-state index contributed by atoms with van der Waals surface area (Å²) in [6, 6.07) is 6.39. The Morgan fingerprint density at radius 3 is 2.50 bits per heavy atom. The van der Waals surface area contributed by atoms with Crippen molar-refractivity contribution in [3.8, 4) is 0 Å². The Morgan fingerprint density at radius 1 is 1.14 bits per heavy atom. The number of nitrogens with one attached hydrogen (secondary N) is 2. The molecule has 12 heteroatoms. The van der Waals surface area contributed by atoms with E-state index in [0.717, 1.165) is 25.9 Å². The van der Waals surface area contributed by atoms with Gasteiger partial charge >= 0.3 is 0 Å². The van der Waals surface area contributed by atoms with Crippen LogP contribution in [-0.4, -0.2) is 60.6 Å². The van der Waals surface area contributed by atoms with Gasteiger partial charge in [0.25, 0.3) is 5.91 Å². The number of anilines is 3. The van der Waals surface area contributed by atoms with Gasteiger partial charge in [0.15, 0.2) is 5.82 Å². The molecular weight excluding hydrogens is 492 g/mol. The normalized spacial score (nSPS) is 20.7. The number of carbonyl (C=O) groups excluding carboxylic acids is 1. The van der Waals surface area contributed by atoms with Crippen LogP contribution in [-0.2, 0) is 16.6 Å². The second-order valence-electron chi connectivity index (χ2n) is 10.4. The predicted octanol–water partition coefficient (Wildman–Crippen LogP) is 3.30. The fraction of sp³-hybridized carbons (Fsp3) is 0.583. The summed E-state index contributed by atoms with van der Waals surface area (Å²) in [6.45, 7) is 1.42. The Kier molecular flexibility index (Phi) is 6.44. The Hall–Kier alpha value is -2.73.